The van der Waals surface area contributed by atoms with Gasteiger partial charge in [-0.1, -0.05) is 24.3 Å². The van der Waals surface area contributed by atoms with Crippen LogP contribution in [0.5, 0.6) is 0 Å². The molecule has 0 bridgehead atoms. The zero-order valence-electron chi connectivity index (χ0n) is 13.5. The molecule has 21 heavy (non-hydrogen) atoms. The number of nitrogens with one attached hydrogen (secondary N) is 1. The Hall–Kier alpha value is -0.870. The molecule has 0 radical (unpaired) electrons. The number of rotatable bonds is 4. The minimum absolute atomic E-state index is 0.0401. The van der Waals surface area contributed by atoms with Crippen LogP contribution in [-0.4, -0.2) is 32.0 Å². The summed E-state index contributed by atoms with van der Waals surface area (Å²) in [6.07, 6.45) is 0.785. The van der Waals surface area contributed by atoms with Crippen molar-refractivity contribution in [2.45, 2.75) is 45.6 Å². The number of aryl methyl sites for hydroxylation is 1. The minimum Gasteiger partial charge on any atom is -0.311 e. The zero-order valence-corrected chi connectivity index (χ0v) is 14.3. The van der Waals surface area contributed by atoms with Crippen LogP contribution in [-0.2, 0) is 9.84 Å². The van der Waals surface area contributed by atoms with E-state index in [1.165, 1.54) is 11.1 Å². The van der Waals surface area contributed by atoms with Crippen molar-refractivity contribution in [3.05, 3.63) is 35.4 Å². The van der Waals surface area contributed by atoms with E-state index < -0.39 is 9.84 Å². The Labute approximate surface area is 129 Å². The highest BCUT2D eigenvalue weighted by molar-refractivity contribution is 7.91. The fourth-order valence-electron chi connectivity index (χ4n) is 3.09. The molecule has 4 heteroatoms. The van der Waals surface area contributed by atoms with Crippen LogP contribution in [0.1, 0.15) is 44.2 Å². The normalized spacial score (nSPS) is 23.1. The maximum absolute atomic E-state index is 11.8. The topological polar surface area (TPSA) is 46.2 Å². The molecular formula is C17H27NO2S. The first-order valence-corrected chi connectivity index (χ1v) is 9.51. The molecule has 1 aliphatic heterocycles. The van der Waals surface area contributed by atoms with Crippen LogP contribution in [0.15, 0.2) is 24.3 Å². The molecule has 0 amide bonds. The quantitative estimate of drug-likeness (QED) is 0.930. The predicted molar refractivity (Wildman–Crippen MR) is 88.4 cm³/mol. The summed E-state index contributed by atoms with van der Waals surface area (Å²) in [4.78, 5) is 0. The third-order valence-corrected chi connectivity index (χ3v) is 6.07. The van der Waals surface area contributed by atoms with Crippen molar-refractivity contribution < 1.29 is 8.42 Å². The summed E-state index contributed by atoms with van der Waals surface area (Å²) >= 11 is 0. The summed E-state index contributed by atoms with van der Waals surface area (Å²) in [6, 6.07) is 8.35. The van der Waals surface area contributed by atoms with Gasteiger partial charge in [-0.3, -0.25) is 0 Å². The van der Waals surface area contributed by atoms with E-state index in [1.807, 2.05) is 6.07 Å². The Morgan fingerprint density at radius 1 is 1.29 bits per heavy atom. The number of hydrogen-bond acceptors (Lipinski definition) is 3. The van der Waals surface area contributed by atoms with E-state index in [9.17, 15) is 8.42 Å². The van der Waals surface area contributed by atoms with E-state index in [0.717, 1.165) is 13.0 Å². The van der Waals surface area contributed by atoms with Crippen molar-refractivity contribution >= 4 is 9.84 Å². The summed E-state index contributed by atoms with van der Waals surface area (Å²) in [6.45, 7) is 9.38. The lowest BCUT2D eigenvalue weighted by Crippen LogP contribution is -2.40. The first-order chi connectivity index (χ1) is 9.68. The van der Waals surface area contributed by atoms with Crippen molar-refractivity contribution in [2.75, 3.05) is 18.1 Å². The van der Waals surface area contributed by atoms with Crippen molar-refractivity contribution in [1.82, 2.24) is 5.32 Å². The van der Waals surface area contributed by atoms with Gasteiger partial charge < -0.3 is 5.32 Å². The summed E-state index contributed by atoms with van der Waals surface area (Å²) in [5.41, 5.74) is 2.58. The molecular weight excluding hydrogens is 282 g/mol. The van der Waals surface area contributed by atoms with Crippen LogP contribution in [0.25, 0.3) is 0 Å². The highest BCUT2D eigenvalue weighted by Gasteiger charge is 2.35. The smallest absolute Gasteiger partial charge is 0.150 e. The molecule has 1 heterocycles. The molecule has 0 aliphatic carbocycles. The standard InChI is InChI=1S/C17H27NO2S/c1-13-7-5-6-8-15(13)16(11-18-17(2,3)4)14-9-10-21(19,20)12-14/h5-8,14,16,18H,9-12H2,1-4H3. The molecule has 118 valence electrons. The van der Waals surface area contributed by atoms with Gasteiger partial charge in [-0.2, -0.15) is 0 Å². The molecule has 2 rings (SSSR count). The largest absolute Gasteiger partial charge is 0.311 e. The highest BCUT2D eigenvalue weighted by atomic mass is 32.2. The molecule has 1 aromatic carbocycles. The first kappa shape index (κ1) is 16.5. The van der Waals surface area contributed by atoms with Crippen molar-refractivity contribution in [1.29, 1.82) is 0 Å². The van der Waals surface area contributed by atoms with Gasteiger partial charge in [0.25, 0.3) is 0 Å². The van der Waals surface area contributed by atoms with Crippen LogP contribution in [0, 0.1) is 12.8 Å². The van der Waals surface area contributed by atoms with Crippen molar-refractivity contribution in [2.24, 2.45) is 5.92 Å². The molecule has 0 spiro atoms. The predicted octanol–water partition coefficient (Wildman–Crippen LogP) is 2.90. The van der Waals surface area contributed by atoms with Gasteiger partial charge >= 0.3 is 0 Å². The lowest BCUT2D eigenvalue weighted by Gasteiger charge is -2.29. The molecule has 1 aromatic rings. The van der Waals surface area contributed by atoms with Crippen molar-refractivity contribution in [3.8, 4) is 0 Å². The second-order valence-corrected chi connectivity index (χ2v) is 9.49. The summed E-state index contributed by atoms with van der Waals surface area (Å²) in [7, 11) is -2.84. The van der Waals surface area contributed by atoms with E-state index in [0.29, 0.717) is 11.5 Å². The van der Waals surface area contributed by atoms with Gasteiger partial charge in [-0.15, -0.1) is 0 Å². The first-order valence-electron chi connectivity index (χ1n) is 7.69. The summed E-state index contributed by atoms with van der Waals surface area (Å²) < 4.78 is 23.7. The van der Waals surface area contributed by atoms with Crippen LogP contribution in [0.2, 0.25) is 0 Å². The highest BCUT2D eigenvalue weighted by Crippen LogP contribution is 2.34. The molecule has 0 aromatic heterocycles. The molecule has 1 N–H and O–H groups in total. The van der Waals surface area contributed by atoms with Gasteiger partial charge in [-0.05, 0) is 51.2 Å². The lowest BCUT2D eigenvalue weighted by atomic mass is 9.83. The van der Waals surface area contributed by atoms with Gasteiger partial charge in [-0.25, -0.2) is 8.42 Å². The molecule has 2 unspecified atom stereocenters. The number of sulfone groups is 1. The summed E-state index contributed by atoms with van der Waals surface area (Å²) in [5.74, 6) is 1.17. The fourth-order valence-corrected chi connectivity index (χ4v) is 4.97. The Kier molecular flexibility index (Phi) is 4.79. The Morgan fingerprint density at radius 3 is 2.48 bits per heavy atom. The fraction of sp³-hybridized carbons (Fsp3) is 0.647. The second kappa shape index (κ2) is 6.09. The average molecular weight is 309 g/mol. The monoisotopic (exact) mass is 309 g/mol. The molecule has 3 nitrogen and oxygen atoms in total. The maximum Gasteiger partial charge on any atom is 0.150 e. The van der Waals surface area contributed by atoms with E-state index in [4.69, 9.17) is 0 Å². The number of hydrogen-bond donors (Lipinski definition) is 1. The second-order valence-electron chi connectivity index (χ2n) is 7.26. The SMILES string of the molecule is Cc1ccccc1C(CNC(C)(C)C)C1CCS(=O)(=O)C1. The Bertz CT molecular complexity index is 587. The maximum atomic E-state index is 11.8. The lowest BCUT2D eigenvalue weighted by molar-refractivity contribution is 0.363. The van der Waals surface area contributed by atoms with E-state index in [1.54, 1.807) is 0 Å². The van der Waals surface area contributed by atoms with Gasteiger partial charge in [0, 0.05) is 18.0 Å². The van der Waals surface area contributed by atoms with E-state index in [2.05, 4.69) is 51.2 Å². The summed E-state index contributed by atoms with van der Waals surface area (Å²) in [5, 5.41) is 3.56. The Morgan fingerprint density at radius 2 is 1.95 bits per heavy atom. The van der Waals surface area contributed by atoms with Crippen LogP contribution in [0.4, 0.5) is 0 Å². The van der Waals surface area contributed by atoms with E-state index in [-0.39, 0.29) is 17.4 Å². The Balaban J connectivity index is 2.25. The van der Waals surface area contributed by atoms with Gasteiger partial charge in [0.05, 0.1) is 11.5 Å². The van der Waals surface area contributed by atoms with Crippen LogP contribution >= 0.6 is 0 Å². The third-order valence-electron chi connectivity index (χ3n) is 4.28. The van der Waals surface area contributed by atoms with Gasteiger partial charge in [0.1, 0.15) is 0 Å². The van der Waals surface area contributed by atoms with Crippen LogP contribution in [0.3, 0.4) is 0 Å². The van der Waals surface area contributed by atoms with Gasteiger partial charge in [0.15, 0.2) is 9.84 Å². The third kappa shape index (κ3) is 4.55. The van der Waals surface area contributed by atoms with Crippen molar-refractivity contribution in [3.63, 3.8) is 0 Å². The van der Waals surface area contributed by atoms with Crippen LogP contribution < -0.4 is 5.32 Å². The number of benzene rings is 1. The molecule has 1 fully saturated rings. The molecule has 1 aliphatic rings. The molecule has 2 atom stereocenters. The minimum atomic E-state index is -2.84. The van der Waals surface area contributed by atoms with E-state index >= 15 is 0 Å². The average Bonchev–Trinajstić information content (AvgIpc) is 2.71. The molecule has 0 saturated carbocycles. The zero-order chi connectivity index (χ0) is 15.7. The molecule has 1 saturated heterocycles. The van der Waals surface area contributed by atoms with Gasteiger partial charge in [0.2, 0.25) is 0 Å².